The molecule has 0 spiro atoms. The van der Waals surface area contributed by atoms with Gasteiger partial charge in [-0.15, -0.1) is 0 Å². The smallest absolute Gasteiger partial charge is 0.251 e. The molecule has 1 aliphatic rings. The third-order valence-corrected chi connectivity index (χ3v) is 6.11. The molecule has 1 N–H and O–H groups in total. The largest absolute Gasteiger partial charge is 0.369 e. The Kier molecular flexibility index (Phi) is 5.60. The van der Waals surface area contributed by atoms with Crippen molar-refractivity contribution in [2.24, 2.45) is 0 Å². The van der Waals surface area contributed by atoms with Crippen molar-refractivity contribution in [3.63, 3.8) is 0 Å². The zero-order chi connectivity index (χ0) is 21.9. The molecular formula is C26H27N5O. The third kappa shape index (κ3) is 4.36. The van der Waals surface area contributed by atoms with Gasteiger partial charge in [0, 0.05) is 61.7 Å². The number of hydrogen-bond donors (Lipinski definition) is 1. The second kappa shape index (κ2) is 8.85. The second-order valence-electron chi connectivity index (χ2n) is 8.35. The van der Waals surface area contributed by atoms with Gasteiger partial charge in [-0.1, -0.05) is 6.07 Å². The van der Waals surface area contributed by atoms with E-state index in [4.69, 9.17) is 0 Å². The van der Waals surface area contributed by atoms with Gasteiger partial charge in [-0.2, -0.15) is 0 Å². The Labute approximate surface area is 187 Å². The van der Waals surface area contributed by atoms with Gasteiger partial charge in [0.05, 0.1) is 12.1 Å². The number of rotatable bonds is 5. The average molecular weight is 426 g/mol. The van der Waals surface area contributed by atoms with Crippen molar-refractivity contribution in [3.05, 3.63) is 95.0 Å². The number of nitrogens with zero attached hydrogens (tertiary/aromatic N) is 4. The van der Waals surface area contributed by atoms with E-state index in [1.54, 1.807) is 18.5 Å². The summed E-state index contributed by atoms with van der Waals surface area (Å²) in [6.45, 7) is 4.82. The maximum atomic E-state index is 12.6. The molecule has 4 aromatic rings. The molecule has 6 heteroatoms. The monoisotopic (exact) mass is 425 g/mol. The molecule has 2 aromatic heterocycles. The van der Waals surface area contributed by atoms with Crippen LogP contribution in [0.4, 0.5) is 17.1 Å². The fourth-order valence-corrected chi connectivity index (χ4v) is 4.19. The molecule has 1 saturated heterocycles. The van der Waals surface area contributed by atoms with Crippen LogP contribution in [0.3, 0.4) is 0 Å². The highest BCUT2D eigenvalue weighted by Crippen LogP contribution is 2.25. The SMILES string of the molecule is CN1CCN(c2ccc(Nc3ccc4ccc(=O)n(Cc5ccncc5)c4c3)cc2)CC1. The molecule has 5 rings (SSSR count). The van der Waals surface area contributed by atoms with E-state index in [0.29, 0.717) is 6.54 Å². The summed E-state index contributed by atoms with van der Waals surface area (Å²) in [6, 6.07) is 22.1. The van der Waals surface area contributed by atoms with Gasteiger partial charge in [-0.3, -0.25) is 9.78 Å². The maximum absolute atomic E-state index is 12.6. The topological polar surface area (TPSA) is 53.4 Å². The van der Waals surface area contributed by atoms with Gasteiger partial charge in [0.2, 0.25) is 0 Å². The van der Waals surface area contributed by atoms with Crippen molar-refractivity contribution >= 4 is 28.0 Å². The quantitative estimate of drug-likeness (QED) is 0.525. The van der Waals surface area contributed by atoms with Gasteiger partial charge >= 0.3 is 0 Å². The van der Waals surface area contributed by atoms with Crippen LogP contribution in [0.5, 0.6) is 0 Å². The van der Waals surface area contributed by atoms with Gasteiger partial charge in [-0.05, 0) is 72.6 Å². The Bertz CT molecular complexity index is 1260. The molecule has 32 heavy (non-hydrogen) atoms. The molecule has 6 nitrogen and oxygen atoms in total. The Hall–Kier alpha value is -3.64. The molecule has 2 aromatic carbocycles. The number of piperazine rings is 1. The van der Waals surface area contributed by atoms with E-state index in [2.05, 4.69) is 63.5 Å². The highest BCUT2D eigenvalue weighted by molar-refractivity contribution is 5.83. The number of benzene rings is 2. The lowest BCUT2D eigenvalue weighted by Crippen LogP contribution is -2.44. The number of likely N-dealkylation sites (N-methyl/N-ethyl adjacent to an activating group) is 1. The minimum absolute atomic E-state index is 0.0111. The fourth-order valence-electron chi connectivity index (χ4n) is 4.19. The molecule has 0 amide bonds. The van der Waals surface area contributed by atoms with E-state index in [9.17, 15) is 4.79 Å². The van der Waals surface area contributed by atoms with Crippen LogP contribution in [0.2, 0.25) is 0 Å². The lowest BCUT2D eigenvalue weighted by molar-refractivity contribution is 0.313. The van der Waals surface area contributed by atoms with E-state index in [0.717, 1.165) is 54.0 Å². The van der Waals surface area contributed by atoms with Crippen molar-refractivity contribution in [1.29, 1.82) is 0 Å². The Morgan fingerprint density at radius 2 is 1.53 bits per heavy atom. The van der Waals surface area contributed by atoms with Crippen molar-refractivity contribution < 1.29 is 0 Å². The average Bonchev–Trinajstić information content (AvgIpc) is 2.83. The van der Waals surface area contributed by atoms with E-state index in [-0.39, 0.29) is 5.56 Å². The van der Waals surface area contributed by atoms with E-state index >= 15 is 0 Å². The minimum atomic E-state index is -0.0111. The third-order valence-electron chi connectivity index (χ3n) is 6.11. The number of aromatic nitrogens is 2. The molecule has 0 aliphatic carbocycles. The molecule has 162 valence electrons. The van der Waals surface area contributed by atoms with Gasteiger partial charge in [0.15, 0.2) is 0 Å². The van der Waals surface area contributed by atoms with Crippen LogP contribution in [-0.4, -0.2) is 47.7 Å². The van der Waals surface area contributed by atoms with Crippen LogP contribution in [0, 0.1) is 0 Å². The van der Waals surface area contributed by atoms with Gasteiger partial charge in [-0.25, -0.2) is 0 Å². The molecule has 0 saturated carbocycles. The highest BCUT2D eigenvalue weighted by Gasteiger charge is 2.14. The Morgan fingerprint density at radius 1 is 0.844 bits per heavy atom. The summed E-state index contributed by atoms with van der Waals surface area (Å²) >= 11 is 0. The molecule has 0 atom stereocenters. The first-order valence-corrected chi connectivity index (χ1v) is 11.0. The normalized spacial score (nSPS) is 14.6. The fraction of sp³-hybridized carbons (Fsp3) is 0.231. The summed E-state index contributed by atoms with van der Waals surface area (Å²) in [5.74, 6) is 0. The molecule has 1 fully saturated rings. The zero-order valence-corrected chi connectivity index (χ0v) is 18.2. The van der Waals surface area contributed by atoms with E-state index < -0.39 is 0 Å². The summed E-state index contributed by atoms with van der Waals surface area (Å²) in [6.07, 6.45) is 3.51. The van der Waals surface area contributed by atoms with Gasteiger partial charge in [0.1, 0.15) is 0 Å². The molecule has 0 bridgehead atoms. The van der Waals surface area contributed by atoms with Crippen LogP contribution in [0.1, 0.15) is 5.56 Å². The number of hydrogen-bond acceptors (Lipinski definition) is 5. The van der Waals surface area contributed by atoms with Crippen LogP contribution in [-0.2, 0) is 6.54 Å². The Balaban J connectivity index is 1.39. The van der Waals surface area contributed by atoms with Crippen molar-refractivity contribution in [1.82, 2.24) is 14.5 Å². The lowest BCUT2D eigenvalue weighted by atomic mass is 10.1. The van der Waals surface area contributed by atoms with E-state index in [1.165, 1.54) is 5.69 Å². The maximum Gasteiger partial charge on any atom is 0.251 e. The van der Waals surface area contributed by atoms with E-state index in [1.807, 2.05) is 28.8 Å². The molecular weight excluding hydrogens is 398 g/mol. The molecule has 0 unspecified atom stereocenters. The molecule has 3 heterocycles. The van der Waals surface area contributed by atoms with Crippen LogP contribution in [0.25, 0.3) is 10.9 Å². The lowest BCUT2D eigenvalue weighted by Gasteiger charge is -2.34. The van der Waals surface area contributed by atoms with Crippen LogP contribution in [0.15, 0.2) is 83.9 Å². The van der Waals surface area contributed by atoms with Crippen LogP contribution >= 0.6 is 0 Å². The van der Waals surface area contributed by atoms with Crippen molar-refractivity contribution in [2.45, 2.75) is 6.54 Å². The van der Waals surface area contributed by atoms with Gasteiger partial charge in [0.25, 0.3) is 5.56 Å². The first-order valence-electron chi connectivity index (χ1n) is 11.0. The second-order valence-corrected chi connectivity index (χ2v) is 8.35. The highest BCUT2D eigenvalue weighted by atomic mass is 16.1. The number of anilines is 3. The predicted molar refractivity (Wildman–Crippen MR) is 131 cm³/mol. The van der Waals surface area contributed by atoms with Crippen molar-refractivity contribution in [2.75, 3.05) is 43.4 Å². The summed E-state index contributed by atoms with van der Waals surface area (Å²) in [5.41, 5.74) is 5.19. The summed E-state index contributed by atoms with van der Waals surface area (Å²) in [4.78, 5) is 21.5. The predicted octanol–water partition coefficient (Wildman–Crippen LogP) is 3.94. The summed E-state index contributed by atoms with van der Waals surface area (Å²) < 4.78 is 1.81. The van der Waals surface area contributed by atoms with Crippen molar-refractivity contribution in [3.8, 4) is 0 Å². The molecule has 1 aliphatic heterocycles. The minimum Gasteiger partial charge on any atom is -0.369 e. The number of fused-ring (bicyclic) bond motifs is 1. The first kappa shape index (κ1) is 20.3. The number of pyridine rings is 2. The molecule has 0 radical (unpaired) electrons. The first-order chi connectivity index (χ1) is 15.7. The Morgan fingerprint density at radius 3 is 2.28 bits per heavy atom. The van der Waals surface area contributed by atoms with Crippen LogP contribution < -0.4 is 15.8 Å². The standard InChI is InChI=1S/C26H27N5O/c1-29-14-16-30(17-15-29)24-7-5-22(6-8-24)28-23-4-2-21-3-9-26(32)31(25(21)18-23)19-20-10-12-27-13-11-20/h2-13,18,28H,14-17,19H2,1H3. The van der Waals surface area contributed by atoms with Gasteiger partial charge < -0.3 is 19.7 Å². The zero-order valence-electron chi connectivity index (χ0n) is 18.2. The summed E-state index contributed by atoms with van der Waals surface area (Å²) in [7, 11) is 2.17. The summed E-state index contributed by atoms with van der Waals surface area (Å²) in [5, 5.41) is 4.53. The number of nitrogens with one attached hydrogen (secondary N) is 1.